The summed E-state index contributed by atoms with van der Waals surface area (Å²) in [6.07, 6.45) is 3.10. The minimum absolute atomic E-state index is 0.328. The summed E-state index contributed by atoms with van der Waals surface area (Å²) in [7, 11) is -1.59. The van der Waals surface area contributed by atoms with E-state index in [1.807, 2.05) is 0 Å². The predicted octanol–water partition coefficient (Wildman–Crippen LogP) is 2.56. The van der Waals surface area contributed by atoms with Crippen molar-refractivity contribution in [2.24, 2.45) is 5.92 Å². The van der Waals surface area contributed by atoms with Gasteiger partial charge in [-0.2, -0.15) is 0 Å². The van der Waals surface area contributed by atoms with Crippen LogP contribution in [0.2, 0.25) is 0 Å². The fourth-order valence-corrected chi connectivity index (χ4v) is 4.09. The van der Waals surface area contributed by atoms with E-state index in [9.17, 15) is 12.8 Å². The lowest BCUT2D eigenvalue weighted by Gasteiger charge is -2.31. The normalized spacial score (nSPS) is 16.2. The maximum absolute atomic E-state index is 13.7. The molecule has 1 aromatic carbocycles. The Morgan fingerprint density at radius 2 is 2.10 bits per heavy atom. The van der Waals surface area contributed by atoms with Crippen molar-refractivity contribution >= 4 is 26.7 Å². The molecule has 0 spiro atoms. The highest BCUT2D eigenvalue weighted by Crippen LogP contribution is 2.34. The molecule has 1 saturated heterocycles. The highest BCUT2D eigenvalue weighted by Gasteiger charge is 2.22. The molecule has 1 fully saturated rings. The van der Waals surface area contributed by atoms with E-state index in [-0.39, 0.29) is 5.82 Å². The number of H-pyrrole nitrogens is 1. The lowest BCUT2D eigenvalue weighted by atomic mass is 9.98. The van der Waals surface area contributed by atoms with E-state index < -0.39 is 10.0 Å². The van der Waals surface area contributed by atoms with E-state index in [1.54, 1.807) is 13.2 Å². The van der Waals surface area contributed by atoms with Crippen LogP contribution in [0.1, 0.15) is 18.4 Å². The fourth-order valence-electron chi connectivity index (χ4n) is 3.63. The molecule has 9 heteroatoms. The maximum atomic E-state index is 13.7. The predicted molar refractivity (Wildman–Crippen MR) is 112 cm³/mol. The minimum atomic E-state index is -3.14. The number of hydrogen-bond donors (Lipinski definition) is 2. The molecule has 0 aliphatic carbocycles. The molecule has 0 amide bonds. The second-order valence-electron chi connectivity index (χ2n) is 7.41. The number of rotatable bonds is 9. The summed E-state index contributed by atoms with van der Waals surface area (Å²) in [6, 6.07) is 4.50. The van der Waals surface area contributed by atoms with E-state index in [4.69, 9.17) is 9.47 Å². The zero-order chi connectivity index (χ0) is 21.0. The molecule has 1 aliphatic rings. The summed E-state index contributed by atoms with van der Waals surface area (Å²) < 4.78 is 49.8. The summed E-state index contributed by atoms with van der Waals surface area (Å²) in [4.78, 5) is 5.36. The number of nitrogens with zero attached hydrogens (tertiary/aromatic N) is 1. The van der Waals surface area contributed by atoms with Crippen LogP contribution in [0.3, 0.4) is 0 Å². The van der Waals surface area contributed by atoms with Crippen molar-refractivity contribution in [2.45, 2.75) is 12.8 Å². The second-order valence-corrected chi connectivity index (χ2v) is 9.24. The maximum Gasteiger partial charge on any atom is 0.208 e. The Balaban J connectivity index is 1.52. The third kappa shape index (κ3) is 5.71. The fraction of sp³-hybridized carbons (Fsp3) is 0.500. The van der Waals surface area contributed by atoms with Gasteiger partial charge in [-0.15, -0.1) is 0 Å². The molecule has 2 N–H and O–H groups in total. The van der Waals surface area contributed by atoms with E-state index >= 15 is 0 Å². The summed E-state index contributed by atoms with van der Waals surface area (Å²) in [5.41, 5.74) is 1.41. The Bertz CT molecular complexity index is 966. The Morgan fingerprint density at radius 1 is 1.38 bits per heavy atom. The Hall–Kier alpha value is -2.10. The van der Waals surface area contributed by atoms with Crippen molar-refractivity contribution in [3.05, 3.63) is 36.2 Å². The number of fused-ring (bicyclic) bond motifs is 1. The number of nitrogens with one attached hydrogen (secondary N) is 2. The van der Waals surface area contributed by atoms with E-state index in [0.29, 0.717) is 48.2 Å². The smallest absolute Gasteiger partial charge is 0.208 e. The van der Waals surface area contributed by atoms with Crippen molar-refractivity contribution < 1.29 is 22.3 Å². The average Bonchev–Trinajstić information content (AvgIpc) is 3.04. The van der Waals surface area contributed by atoms with E-state index in [0.717, 1.165) is 31.4 Å². The lowest BCUT2D eigenvalue weighted by Crippen LogP contribution is -2.40. The first-order valence-electron chi connectivity index (χ1n) is 9.61. The molecule has 160 valence electrons. The van der Waals surface area contributed by atoms with Crippen molar-refractivity contribution in [1.82, 2.24) is 14.6 Å². The van der Waals surface area contributed by atoms with Crippen LogP contribution in [0.4, 0.5) is 4.39 Å². The van der Waals surface area contributed by atoms with Gasteiger partial charge in [-0.3, -0.25) is 0 Å². The number of likely N-dealkylation sites (tertiary alicyclic amines) is 1. The number of aromatic nitrogens is 1. The van der Waals surface area contributed by atoms with Crippen molar-refractivity contribution in [3.63, 3.8) is 0 Å². The Morgan fingerprint density at radius 3 is 2.76 bits per heavy atom. The van der Waals surface area contributed by atoms with Gasteiger partial charge >= 0.3 is 0 Å². The molecular formula is C20H28FN3O4S. The number of sulfonamides is 1. The van der Waals surface area contributed by atoms with Crippen molar-refractivity contribution in [2.75, 3.05) is 46.2 Å². The van der Waals surface area contributed by atoms with Crippen molar-refractivity contribution in [3.8, 4) is 5.88 Å². The van der Waals surface area contributed by atoms with Gasteiger partial charge in [0.25, 0.3) is 0 Å². The average molecular weight is 426 g/mol. The third-order valence-electron chi connectivity index (χ3n) is 5.20. The van der Waals surface area contributed by atoms with Gasteiger partial charge in [-0.25, -0.2) is 17.5 Å². The van der Waals surface area contributed by atoms with Crippen LogP contribution in [0.25, 0.3) is 16.7 Å². The number of halogens is 1. The zero-order valence-corrected chi connectivity index (χ0v) is 17.6. The quantitative estimate of drug-likeness (QED) is 0.604. The van der Waals surface area contributed by atoms with Gasteiger partial charge in [-0.1, -0.05) is 6.58 Å². The molecule has 1 aromatic heterocycles. The van der Waals surface area contributed by atoms with Crippen LogP contribution < -0.4 is 9.46 Å². The first-order chi connectivity index (χ1) is 13.8. The Labute approximate surface area is 170 Å². The van der Waals surface area contributed by atoms with Gasteiger partial charge in [0.05, 0.1) is 25.5 Å². The first kappa shape index (κ1) is 21.6. The number of hydrogen-bond acceptors (Lipinski definition) is 5. The molecule has 0 bridgehead atoms. The van der Waals surface area contributed by atoms with Gasteiger partial charge in [0.1, 0.15) is 11.6 Å². The monoisotopic (exact) mass is 425 g/mol. The minimum Gasteiger partial charge on any atom is -0.493 e. The van der Waals surface area contributed by atoms with Crippen LogP contribution in [0, 0.1) is 11.7 Å². The zero-order valence-electron chi connectivity index (χ0n) is 16.8. The van der Waals surface area contributed by atoms with Crippen LogP contribution in [0.5, 0.6) is 5.88 Å². The molecule has 1 aliphatic heterocycles. The van der Waals surface area contributed by atoms with Crippen LogP contribution in [0.15, 0.2) is 24.8 Å². The van der Waals surface area contributed by atoms with E-state index in [1.165, 1.54) is 18.4 Å². The SMILES string of the molecule is C=C(OCC1CCN(CCNS(C)(=O)=O)CC1)c1c(OC)[nH]c2ccc(F)cc12. The van der Waals surface area contributed by atoms with E-state index in [2.05, 4.69) is 21.2 Å². The van der Waals surface area contributed by atoms with Crippen LogP contribution in [-0.4, -0.2) is 64.5 Å². The molecule has 0 unspecified atom stereocenters. The van der Waals surface area contributed by atoms with Crippen LogP contribution in [-0.2, 0) is 14.8 Å². The Kier molecular flexibility index (Phi) is 6.81. The number of ether oxygens (including phenoxy) is 2. The van der Waals surface area contributed by atoms with Crippen LogP contribution >= 0.6 is 0 Å². The number of aromatic amines is 1. The molecule has 0 atom stereocenters. The first-order valence-corrected chi connectivity index (χ1v) is 11.5. The van der Waals surface area contributed by atoms with Gasteiger partial charge < -0.3 is 19.4 Å². The number of methoxy groups -OCH3 is 1. The topological polar surface area (TPSA) is 83.7 Å². The van der Waals surface area contributed by atoms with Gasteiger partial charge in [0, 0.05) is 24.0 Å². The standard InChI is InChI=1S/C20H28FN3O4S/c1-14(19-17-12-16(21)4-5-18(17)23-20(19)27-2)28-13-15-6-9-24(10-7-15)11-8-22-29(3,25)26/h4-5,12,15,22-23H,1,6-11,13H2,2-3H3. The number of piperidine rings is 1. The summed E-state index contributed by atoms with van der Waals surface area (Å²) >= 11 is 0. The molecule has 0 saturated carbocycles. The highest BCUT2D eigenvalue weighted by molar-refractivity contribution is 7.88. The van der Waals surface area contributed by atoms with Gasteiger partial charge in [-0.05, 0) is 50.0 Å². The summed E-state index contributed by atoms with van der Waals surface area (Å²) in [5, 5.41) is 0.681. The molecule has 3 rings (SSSR count). The molecule has 2 aromatic rings. The molecule has 2 heterocycles. The molecule has 7 nitrogen and oxygen atoms in total. The molecule has 29 heavy (non-hydrogen) atoms. The lowest BCUT2D eigenvalue weighted by molar-refractivity contribution is 0.131. The summed E-state index contributed by atoms with van der Waals surface area (Å²) in [5.74, 6) is 1.02. The number of benzene rings is 1. The highest BCUT2D eigenvalue weighted by atomic mass is 32.2. The molecular weight excluding hydrogens is 397 g/mol. The van der Waals surface area contributed by atoms with Crippen molar-refractivity contribution in [1.29, 1.82) is 0 Å². The second kappa shape index (κ2) is 9.15. The van der Waals surface area contributed by atoms with Gasteiger partial charge in [0.15, 0.2) is 0 Å². The third-order valence-corrected chi connectivity index (χ3v) is 5.93. The largest absolute Gasteiger partial charge is 0.493 e. The summed E-state index contributed by atoms with van der Waals surface area (Å²) in [6.45, 7) is 7.47. The van der Waals surface area contributed by atoms with Gasteiger partial charge in [0.2, 0.25) is 15.9 Å². The molecule has 0 radical (unpaired) electrons.